The Bertz CT molecular complexity index is 545. The second-order valence-corrected chi connectivity index (χ2v) is 5.88. The maximum atomic E-state index is 13.4. The molecule has 114 valence electrons. The van der Waals surface area contributed by atoms with Gasteiger partial charge in [0.1, 0.15) is 5.82 Å². The first-order chi connectivity index (χ1) is 9.97. The van der Waals surface area contributed by atoms with Gasteiger partial charge in [-0.3, -0.25) is 14.5 Å². The van der Waals surface area contributed by atoms with E-state index in [0.717, 1.165) is 12.8 Å². The fourth-order valence-corrected chi connectivity index (χ4v) is 2.84. The number of likely N-dealkylation sites (tertiary alicyclic amines) is 1. The molecule has 0 aromatic heterocycles. The summed E-state index contributed by atoms with van der Waals surface area (Å²) in [5.74, 6) is -1.10. The van der Waals surface area contributed by atoms with Gasteiger partial charge in [0, 0.05) is 19.1 Å². The highest BCUT2D eigenvalue weighted by atomic mass is 79.9. The van der Waals surface area contributed by atoms with Gasteiger partial charge >= 0.3 is 0 Å². The zero-order valence-corrected chi connectivity index (χ0v) is 13.0. The Hall–Kier alpha value is -1.47. The summed E-state index contributed by atoms with van der Waals surface area (Å²) in [6.07, 6.45) is 1.48. The van der Waals surface area contributed by atoms with E-state index in [1.54, 1.807) is 6.07 Å². The molecular formula is C14H17BrFN3O2. The van der Waals surface area contributed by atoms with Crippen LogP contribution in [0.2, 0.25) is 0 Å². The van der Waals surface area contributed by atoms with Gasteiger partial charge in [-0.05, 0) is 40.9 Å². The number of amides is 2. The molecule has 21 heavy (non-hydrogen) atoms. The molecule has 2 amide bonds. The number of primary amides is 1. The van der Waals surface area contributed by atoms with Gasteiger partial charge in [0.05, 0.1) is 16.6 Å². The summed E-state index contributed by atoms with van der Waals surface area (Å²) >= 11 is 3.09. The Morgan fingerprint density at radius 2 is 2.05 bits per heavy atom. The summed E-state index contributed by atoms with van der Waals surface area (Å²) < 4.78 is 13.6. The highest BCUT2D eigenvalue weighted by Gasteiger charge is 2.23. The Labute approximate surface area is 130 Å². The van der Waals surface area contributed by atoms with E-state index < -0.39 is 5.82 Å². The third kappa shape index (κ3) is 4.25. The Morgan fingerprint density at radius 1 is 1.38 bits per heavy atom. The minimum atomic E-state index is -0.459. The maximum absolute atomic E-state index is 13.4. The standard InChI is InChI=1S/C14H17BrFN3O2/c15-13-10(2-1-3-11(13)16)14(21)18-9-4-6-19(7-5-9)8-12(17)20/h1-3,9H,4-8H2,(H2,17,20)(H,18,21). The maximum Gasteiger partial charge on any atom is 0.252 e. The molecule has 0 bridgehead atoms. The van der Waals surface area contributed by atoms with E-state index in [-0.39, 0.29) is 34.4 Å². The number of piperidine rings is 1. The van der Waals surface area contributed by atoms with Crippen LogP contribution in [0.25, 0.3) is 0 Å². The van der Waals surface area contributed by atoms with Crippen molar-refractivity contribution in [2.24, 2.45) is 5.73 Å². The third-order valence-corrected chi connectivity index (χ3v) is 4.30. The van der Waals surface area contributed by atoms with Gasteiger partial charge in [0.15, 0.2) is 0 Å². The van der Waals surface area contributed by atoms with Crippen molar-refractivity contribution in [3.05, 3.63) is 34.1 Å². The number of hydrogen-bond acceptors (Lipinski definition) is 3. The number of hydrogen-bond donors (Lipinski definition) is 2. The van der Waals surface area contributed by atoms with Crippen LogP contribution in [0, 0.1) is 5.82 Å². The van der Waals surface area contributed by atoms with Crippen LogP contribution in [0.5, 0.6) is 0 Å². The van der Waals surface area contributed by atoms with E-state index in [2.05, 4.69) is 21.2 Å². The predicted octanol–water partition coefficient (Wildman–Crippen LogP) is 1.27. The summed E-state index contributed by atoms with van der Waals surface area (Å²) in [5.41, 5.74) is 5.44. The first kappa shape index (κ1) is 15.9. The third-order valence-electron chi connectivity index (χ3n) is 3.50. The van der Waals surface area contributed by atoms with E-state index in [9.17, 15) is 14.0 Å². The fourth-order valence-electron chi connectivity index (χ4n) is 2.40. The number of carbonyl (C=O) groups is 2. The molecule has 0 aliphatic carbocycles. The molecule has 1 aliphatic rings. The average Bonchev–Trinajstić information content (AvgIpc) is 2.43. The molecule has 0 spiro atoms. The summed E-state index contributed by atoms with van der Waals surface area (Å²) in [7, 11) is 0. The van der Waals surface area contributed by atoms with Gasteiger partial charge in [0.2, 0.25) is 5.91 Å². The number of carbonyl (C=O) groups excluding carboxylic acids is 2. The largest absolute Gasteiger partial charge is 0.369 e. The van der Waals surface area contributed by atoms with Crippen LogP contribution in [0.4, 0.5) is 4.39 Å². The molecule has 2 rings (SSSR count). The quantitative estimate of drug-likeness (QED) is 0.851. The Kier molecular flexibility index (Phi) is 5.30. The molecule has 0 saturated carbocycles. The minimum absolute atomic E-state index is 0.0248. The van der Waals surface area contributed by atoms with Gasteiger partial charge in [-0.25, -0.2) is 4.39 Å². The van der Waals surface area contributed by atoms with Gasteiger partial charge in [-0.2, -0.15) is 0 Å². The number of nitrogens with two attached hydrogens (primary N) is 1. The molecule has 5 nitrogen and oxygen atoms in total. The SMILES string of the molecule is NC(=O)CN1CCC(NC(=O)c2cccc(F)c2Br)CC1. The first-order valence-electron chi connectivity index (χ1n) is 6.73. The number of benzene rings is 1. The number of nitrogens with zero attached hydrogens (tertiary/aromatic N) is 1. The van der Waals surface area contributed by atoms with Gasteiger partial charge in [0.25, 0.3) is 5.91 Å². The molecule has 7 heteroatoms. The van der Waals surface area contributed by atoms with Crippen molar-refractivity contribution >= 4 is 27.7 Å². The molecular weight excluding hydrogens is 341 g/mol. The number of rotatable bonds is 4. The van der Waals surface area contributed by atoms with Crippen LogP contribution in [0.15, 0.2) is 22.7 Å². The lowest BCUT2D eigenvalue weighted by molar-refractivity contribution is -0.119. The van der Waals surface area contributed by atoms with Crippen molar-refractivity contribution in [2.45, 2.75) is 18.9 Å². The molecule has 0 unspecified atom stereocenters. The zero-order valence-electron chi connectivity index (χ0n) is 11.4. The second kappa shape index (κ2) is 7.00. The topological polar surface area (TPSA) is 75.4 Å². The van der Waals surface area contributed by atoms with Crippen molar-refractivity contribution in [3.63, 3.8) is 0 Å². The average molecular weight is 358 g/mol. The minimum Gasteiger partial charge on any atom is -0.369 e. The van der Waals surface area contributed by atoms with Crippen LogP contribution in [-0.2, 0) is 4.79 Å². The Balaban J connectivity index is 1.90. The molecule has 1 aromatic rings. The normalized spacial score (nSPS) is 16.7. The van der Waals surface area contributed by atoms with Crippen molar-refractivity contribution < 1.29 is 14.0 Å². The van der Waals surface area contributed by atoms with Gasteiger partial charge in [-0.1, -0.05) is 6.07 Å². The van der Waals surface area contributed by atoms with Gasteiger partial charge in [-0.15, -0.1) is 0 Å². The van der Waals surface area contributed by atoms with Crippen LogP contribution in [0.1, 0.15) is 23.2 Å². The van der Waals surface area contributed by atoms with Crippen LogP contribution in [0.3, 0.4) is 0 Å². The monoisotopic (exact) mass is 357 g/mol. The molecule has 1 fully saturated rings. The van der Waals surface area contributed by atoms with E-state index >= 15 is 0 Å². The summed E-state index contributed by atoms with van der Waals surface area (Å²) in [5, 5.41) is 2.90. The molecule has 1 aliphatic heterocycles. The van der Waals surface area contributed by atoms with E-state index in [1.165, 1.54) is 12.1 Å². The molecule has 0 radical (unpaired) electrons. The second-order valence-electron chi connectivity index (χ2n) is 5.09. The first-order valence-corrected chi connectivity index (χ1v) is 7.52. The number of halogens is 2. The molecule has 1 saturated heterocycles. The van der Waals surface area contributed by atoms with Crippen LogP contribution < -0.4 is 11.1 Å². The van der Waals surface area contributed by atoms with Crippen molar-refractivity contribution in [1.29, 1.82) is 0 Å². The molecule has 0 atom stereocenters. The highest BCUT2D eigenvalue weighted by molar-refractivity contribution is 9.10. The lowest BCUT2D eigenvalue weighted by Gasteiger charge is -2.31. The van der Waals surface area contributed by atoms with Crippen LogP contribution >= 0.6 is 15.9 Å². The van der Waals surface area contributed by atoms with E-state index in [4.69, 9.17) is 5.73 Å². The highest BCUT2D eigenvalue weighted by Crippen LogP contribution is 2.21. The fraction of sp³-hybridized carbons (Fsp3) is 0.429. The summed E-state index contributed by atoms with van der Waals surface area (Å²) in [4.78, 5) is 25.0. The summed E-state index contributed by atoms with van der Waals surface area (Å²) in [6, 6.07) is 4.40. The van der Waals surface area contributed by atoms with E-state index in [0.29, 0.717) is 13.1 Å². The predicted molar refractivity (Wildman–Crippen MR) is 80.2 cm³/mol. The van der Waals surface area contributed by atoms with Crippen LogP contribution in [-0.4, -0.2) is 42.4 Å². The van der Waals surface area contributed by atoms with Crippen molar-refractivity contribution in [2.75, 3.05) is 19.6 Å². The number of nitrogens with one attached hydrogen (secondary N) is 1. The Morgan fingerprint density at radius 3 is 2.67 bits per heavy atom. The zero-order chi connectivity index (χ0) is 15.4. The lowest BCUT2D eigenvalue weighted by Crippen LogP contribution is -2.46. The molecule has 3 N–H and O–H groups in total. The lowest BCUT2D eigenvalue weighted by atomic mass is 10.0. The molecule has 1 aromatic carbocycles. The van der Waals surface area contributed by atoms with Crippen molar-refractivity contribution in [3.8, 4) is 0 Å². The smallest absolute Gasteiger partial charge is 0.252 e. The molecule has 1 heterocycles. The van der Waals surface area contributed by atoms with Gasteiger partial charge < -0.3 is 11.1 Å². The van der Waals surface area contributed by atoms with E-state index in [1.807, 2.05) is 4.90 Å². The van der Waals surface area contributed by atoms with Crippen molar-refractivity contribution in [1.82, 2.24) is 10.2 Å². The summed E-state index contributed by atoms with van der Waals surface area (Å²) in [6.45, 7) is 1.66.